The molecule has 2 rings (SSSR count). The van der Waals surface area contributed by atoms with Crippen LogP contribution >= 0.6 is 0 Å². The number of amides is 1. The Bertz CT molecular complexity index is 463. The number of nitrogens with two attached hydrogens (primary N) is 1. The van der Waals surface area contributed by atoms with Crippen LogP contribution in [0.3, 0.4) is 0 Å². The van der Waals surface area contributed by atoms with Gasteiger partial charge in [-0.3, -0.25) is 10.2 Å². The van der Waals surface area contributed by atoms with Crippen LogP contribution in [0.2, 0.25) is 0 Å². The molecule has 1 aliphatic heterocycles. The van der Waals surface area contributed by atoms with Crippen molar-refractivity contribution in [3.8, 4) is 0 Å². The predicted octanol–water partition coefficient (Wildman–Crippen LogP) is 1.36. The van der Waals surface area contributed by atoms with Gasteiger partial charge in [-0.15, -0.1) is 0 Å². The number of likely N-dealkylation sites (N-methyl/N-ethyl adjacent to an activating group) is 1. The molecule has 0 radical (unpaired) electrons. The van der Waals surface area contributed by atoms with E-state index in [9.17, 15) is 13.6 Å². The van der Waals surface area contributed by atoms with Gasteiger partial charge in [0.05, 0.1) is 6.54 Å². The van der Waals surface area contributed by atoms with Gasteiger partial charge >= 0.3 is 5.92 Å². The highest BCUT2D eigenvalue weighted by molar-refractivity contribution is 6.02. The molecule has 0 aromatic carbocycles. The minimum atomic E-state index is -3.50. The number of carbonyl (C=O) groups excluding carboxylic acids is 1. The molecule has 20 heavy (non-hydrogen) atoms. The molecule has 0 aromatic heterocycles. The van der Waals surface area contributed by atoms with Gasteiger partial charge in [0, 0.05) is 19.3 Å². The lowest BCUT2D eigenvalue weighted by Crippen LogP contribution is -2.46. The van der Waals surface area contributed by atoms with Gasteiger partial charge in [0.25, 0.3) is 5.91 Å². The Morgan fingerprint density at radius 1 is 1.45 bits per heavy atom. The summed E-state index contributed by atoms with van der Waals surface area (Å²) in [7, 11) is 1.23. The molecule has 112 valence electrons. The third-order valence-electron chi connectivity index (χ3n) is 4.14. The molecule has 0 spiro atoms. The number of nitrogens with zero attached hydrogens (tertiary/aromatic N) is 2. The fraction of sp³-hybridized carbons (Fsp3) is 0.692. The highest BCUT2D eigenvalue weighted by Gasteiger charge is 2.49. The van der Waals surface area contributed by atoms with Crippen molar-refractivity contribution in [3.63, 3.8) is 0 Å². The first-order valence-corrected chi connectivity index (χ1v) is 6.71. The standard InChI is InChI=1S/C13H20F2N4O/c1-8-3-4-9(5-8)19-7-13(14,15)12(20)18(2)10(6-16)11(19)17/h6,8-9,17H,3-5,7,16H2,1-2H3/b10-6+,17-11?/t8-,9?/m1/s1. The Morgan fingerprint density at radius 2 is 2.10 bits per heavy atom. The second-order valence-electron chi connectivity index (χ2n) is 5.67. The summed E-state index contributed by atoms with van der Waals surface area (Å²) >= 11 is 0. The molecule has 1 unspecified atom stereocenters. The highest BCUT2D eigenvalue weighted by Crippen LogP contribution is 2.34. The van der Waals surface area contributed by atoms with Gasteiger partial charge in [0.15, 0.2) is 0 Å². The van der Waals surface area contributed by atoms with Crippen LogP contribution in [-0.4, -0.2) is 47.1 Å². The molecule has 5 nitrogen and oxygen atoms in total. The molecule has 2 fully saturated rings. The van der Waals surface area contributed by atoms with Crippen LogP contribution < -0.4 is 5.73 Å². The van der Waals surface area contributed by atoms with E-state index in [0.717, 1.165) is 30.4 Å². The maximum absolute atomic E-state index is 14.0. The molecule has 0 bridgehead atoms. The summed E-state index contributed by atoms with van der Waals surface area (Å²) < 4.78 is 28.0. The number of hydrogen-bond donors (Lipinski definition) is 2. The molecule has 3 N–H and O–H groups in total. The molecule has 7 heteroatoms. The molecular formula is C13H20F2N4O. The Balaban J connectivity index is 2.36. The number of hydrogen-bond acceptors (Lipinski definition) is 3. The van der Waals surface area contributed by atoms with E-state index in [1.54, 1.807) is 0 Å². The fourth-order valence-corrected chi connectivity index (χ4v) is 2.98. The monoisotopic (exact) mass is 286 g/mol. The average Bonchev–Trinajstić information content (AvgIpc) is 2.79. The van der Waals surface area contributed by atoms with E-state index < -0.39 is 18.4 Å². The minimum Gasteiger partial charge on any atom is -0.403 e. The van der Waals surface area contributed by atoms with Crippen LogP contribution in [0.1, 0.15) is 26.2 Å². The van der Waals surface area contributed by atoms with Crippen molar-refractivity contribution in [1.82, 2.24) is 9.80 Å². The van der Waals surface area contributed by atoms with Crippen LogP contribution in [0, 0.1) is 11.3 Å². The maximum Gasteiger partial charge on any atom is 0.342 e. The number of halogens is 2. The SMILES string of the molecule is C[C@@H]1CCC(N2CC(F)(F)C(=O)N(C)/C(=C/N)C2=N)C1. The van der Waals surface area contributed by atoms with Gasteiger partial charge in [0.1, 0.15) is 11.5 Å². The normalized spacial score (nSPS) is 32.9. The minimum absolute atomic E-state index is 0.0340. The van der Waals surface area contributed by atoms with Gasteiger partial charge in [-0.1, -0.05) is 6.92 Å². The van der Waals surface area contributed by atoms with E-state index in [0.29, 0.717) is 5.92 Å². The highest BCUT2D eigenvalue weighted by atomic mass is 19.3. The Hall–Kier alpha value is -1.66. The van der Waals surface area contributed by atoms with Gasteiger partial charge in [-0.25, -0.2) is 0 Å². The third-order valence-corrected chi connectivity index (χ3v) is 4.14. The predicted molar refractivity (Wildman–Crippen MR) is 71.2 cm³/mol. The number of rotatable bonds is 1. The molecule has 0 aromatic rings. The van der Waals surface area contributed by atoms with Crippen LogP contribution in [0.5, 0.6) is 0 Å². The zero-order valence-electron chi connectivity index (χ0n) is 11.7. The number of alkyl halides is 2. The molecular weight excluding hydrogens is 266 g/mol. The van der Waals surface area contributed by atoms with E-state index in [1.807, 2.05) is 0 Å². The van der Waals surface area contributed by atoms with Gasteiger partial charge in [-0.2, -0.15) is 8.78 Å². The Kier molecular flexibility index (Phi) is 3.71. The molecule has 1 heterocycles. The van der Waals surface area contributed by atoms with E-state index in [1.165, 1.54) is 11.9 Å². The molecule has 2 aliphatic rings. The van der Waals surface area contributed by atoms with Gasteiger partial charge in [0.2, 0.25) is 0 Å². The molecule has 1 saturated heterocycles. The Labute approximate surface area is 116 Å². The first-order chi connectivity index (χ1) is 9.27. The van der Waals surface area contributed by atoms with E-state index in [-0.39, 0.29) is 17.6 Å². The topological polar surface area (TPSA) is 73.4 Å². The second kappa shape index (κ2) is 5.03. The lowest BCUT2D eigenvalue weighted by molar-refractivity contribution is -0.154. The molecule has 2 atom stereocenters. The van der Waals surface area contributed by atoms with Crippen molar-refractivity contribution >= 4 is 11.7 Å². The number of carbonyl (C=O) groups is 1. The van der Waals surface area contributed by atoms with Crippen molar-refractivity contribution in [1.29, 1.82) is 5.41 Å². The summed E-state index contributed by atoms with van der Waals surface area (Å²) in [6, 6.07) is -0.127. The van der Waals surface area contributed by atoms with Crippen molar-refractivity contribution < 1.29 is 13.6 Å². The Morgan fingerprint density at radius 3 is 2.60 bits per heavy atom. The van der Waals surface area contributed by atoms with Crippen LogP contribution in [0.25, 0.3) is 0 Å². The number of nitrogens with one attached hydrogen (secondary N) is 1. The largest absolute Gasteiger partial charge is 0.403 e. The van der Waals surface area contributed by atoms with Crippen molar-refractivity contribution in [2.75, 3.05) is 13.6 Å². The van der Waals surface area contributed by atoms with E-state index >= 15 is 0 Å². The average molecular weight is 286 g/mol. The van der Waals surface area contributed by atoms with Crippen LogP contribution in [0.15, 0.2) is 11.9 Å². The smallest absolute Gasteiger partial charge is 0.342 e. The molecule has 1 aliphatic carbocycles. The zero-order valence-corrected chi connectivity index (χ0v) is 11.7. The van der Waals surface area contributed by atoms with E-state index in [4.69, 9.17) is 11.1 Å². The second-order valence-corrected chi connectivity index (χ2v) is 5.67. The van der Waals surface area contributed by atoms with Crippen molar-refractivity contribution in [2.24, 2.45) is 11.7 Å². The summed E-state index contributed by atoms with van der Waals surface area (Å²) in [5.41, 5.74) is 5.46. The summed E-state index contributed by atoms with van der Waals surface area (Å²) in [6.45, 7) is 1.32. The van der Waals surface area contributed by atoms with Gasteiger partial charge < -0.3 is 15.5 Å². The molecule has 1 saturated carbocycles. The van der Waals surface area contributed by atoms with E-state index in [2.05, 4.69) is 6.92 Å². The first-order valence-electron chi connectivity index (χ1n) is 6.71. The maximum atomic E-state index is 14.0. The molecule has 1 amide bonds. The lowest BCUT2D eigenvalue weighted by Gasteiger charge is -2.31. The van der Waals surface area contributed by atoms with Crippen molar-refractivity contribution in [3.05, 3.63) is 11.9 Å². The number of amidine groups is 1. The summed E-state index contributed by atoms with van der Waals surface area (Å²) in [6.07, 6.45) is 3.52. The third kappa shape index (κ3) is 2.36. The van der Waals surface area contributed by atoms with Crippen LogP contribution in [-0.2, 0) is 4.79 Å². The van der Waals surface area contributed by atoms with Crippen molar-refractivity contribution in [2.45, 2.75) is 38.2 Å². The fourth-order valence-electron chi connectivity index (χ4n) is 2.98. The summed E-state index contributed by atoms with van der Waals surface area (Å²) in [5, 5.41) is 8.12. The summed E-state index contributed by atoms with van der Waals surface area (Å²) in [5.74, 6) is -4.46. The van der Waals surface area contributed by atoms with Gasteiger partial charge in [-0.05, 0) is 25.2 Å². The lowest BCUT2D eigenvalue weighted by atomic mass is 10.1. The quantitative estimate of drug-likeness (QED) is 0.764. The summed E-state index contributed by atoms with van der Waals surface area (Å²) in [4.78, 5) is 13.9. The zero-order chi connectivity index (χ0) is 15.1. The first kappa shape index (κ1) is 14.7. The van der Waals surface area contributed by atoms with Crippen LogP contribution in [0.4, 0.5) is 8.78 Å².